The summed E-state index contributed by atoms with van der Waals surface area (Å²) in [5.74, 6) is 0.627. The van der Waals surface area contributed by atoms with Gasteiger partial charge in [0.05, 0.1) is 19.2 Å². The van der Waals surface area contributed by atoms with E-state index in [-0.39, 0.29) is 5.91 Å². The Kier molecular flexibility index (Phi) is 5.28. The van der Waals surface area contributed by atoms with Crippen molar-refractivity contribution in [3.8, 4) is 11.5 Å². The molecule has 0 unspecified atom stereocenters. The zero-order chi connectivity index (χ0) is 16.1. The molecule has 2 rings (SSSR count). The van der Waals surface area contributed by atoms with Gasteiger partial charge in [0.15, 0.2) is 11.5 Å². The van der Waals surface area contributed by atoms with Gasteiger partial charge in [0.2, 0.25) is 0 Å². The van der Waals surface area contributed by atoms with Gasteiger partial charge in [-0.25, -0.2) is 0 Å². The number of hydrogen-bond donors (Lipinski definition) is 1. The average Bonchev–Trinajstić information content (AvgIpc) is 2.52. The lowest BCUT2D eigenvalue weighted by Crippen LogP contribution is -2.23. The molecule has 0 atom stereocenters. The standard InChI is InChI=1S/C17H18ClNO3/c1-11-6-4-5-7-12(11)10-19-17(20)13-8-14(18)16(22-3)15(9-13)21-2/h4-9H,10H2,1-3H3,(H,19,20). The third-order valence-electron chi connectivity index (χ3n) is 3.40. The van der Waals surface area contributed by atoms with Crippen LogP contribution < -0.4 is 14.8 Å². The van der Waals surface area contributed by atoms with Gasteiger partial charge in [-0.1, -0.05) is 35.9 Å². The van der Waals surface area contributed by atoms with Gasteiger partial charge in [-0.3, -0.25) is 4.79 Å². The Hall–Kier alpha value is -2.20. The van der Waals surface area contributed by atoms with Gasteiger partial charge in [0, 0.05) is 12.1 Å². The fourth-order valence-electron chi connectivity index (χ4n) is 2.14. The number of amides is 1. The van der Waals surface area contributed by atoms with Crippen LogP contribution in [0.5, 0.6) is 11.5 Å². The Morgan fingerprint density at radius 3 is 2.55 bits per heavy atom. The lowest BCUT2D eigenvalue weighted by Gasteiger charge is -2.12. The summed E-state index contributed by atoms with van der Waals surface area (Å²) in [6.45, 7) is 2.46. The molecule has 22 heavy (non-hydrogen) atoms. The maximum Gasteiger partial charge on any atom is 0.251 e. The van der Waals surface area contributed by atoms with Gasteiger partial charge in [0.1, 0.15) is 0 Å². The number of methoxy groups -OCH3 is 2. The molecule has 0 radical (unpaired) electrons. The summed E-state index contributed by atoms with van der Waals surface area (Å²) in [4.78, 5) is 12.3. The van der Waals surface area contributed by atoms with Crippen LogP contribution in [0.1, 0.15) is 21.5 Å². The Bertz CT molecular complexity index is 686. The Balaban J connectivity index is 2.16. The van der Waals surface area contributed by atoms with E-state index in [0.717, 1.165) is 11.1 Å². The van der Waals surface area contributed by atoms with Crippen molar-refractivity contribution in [3.05, 3.63) is 58.1 Å². The molecule has 1 amide bonds. The molecule has 0 aliphatic rings. The number of aryl methyl sites for hydroxylation is 1. The van der Waals surface area contributed by atoms with E-state index in [2.05, 4.69) is 5.32 Å². The van der Waals surface area contributed by atoms with Crippen molar-refractivity contribution >= 4 is 17.5 Å². The van der Waals surface area contributed by atoms with E-state index in [1.54, 1.807) is 12.1 Å². The number of nitrogens with one attached hydrogen (secondary N) is 1. The molecule has 0 bridgehead atoms. The van der Waals surface area contributed by atoms with Gasteiger partial charge < -0.3 is 14.8 Å². The molecular formula is C17H18ClNO3. The van der Waals surface area contributed by atoms with Gasteiger partial charge in [-0.2, -0.15) is 0 Å². The Morgan fingerprint density at radius 1 is 1.18 bits per heavy atom. The monoisotopic (exact) mass is 319 g/mol. The summed E-state index contributed by atoms with van der Waals surface area (Å²) in [7, 11) is 3.00. The largest absolute Gasteiger partial charge is 0.493 e. The molecule has 0 fully saturated rings. The molecule has 0 spiro atoms. The van der Waals surface area contributed by atoms with Crippen LogP contribution >= 0.6 is 11.6 Å². The van der Waals surface area contributed by atoms with Crippen LogP contribution in [0.25, 0.3) is 0 Å². The van der Waals surface area contributed by atoms with Gasteiger partial charge in [-0.05, 0) is 30.2 Å². The van der Waals surface area contributed by atoms with Crippen molar-refractivity contribution in [2.45, 2.75) is 13.5 Å². The minimum Gasteiger partial charge on any atom is -0.493 e. The predicted octanol–water partition coefficient (Wildman–Crippen LogP) is 3.60. The zero-order valence-electron chi connectivity index (χ0n) is 12.8. The highest BCUT2D eigenvalue weighted by molar-refractivity contribution is 6.32. The summed E-state index contributed by atoms with van der Waals surface area (Å²) in [5, 5.41) is 3.21. The van der Waals surface area contributed by atoms with Crippen molar-refractivity contribution in [2.24, 2.45) is 0 Å². The predicted molar refractivity (Wildman–Crippen MR) is 86.9 cm³/mol. The van der Waals surface area contributed by atoms with Crippen LogP contribution in [-0.2, 0) is 6.54 Å². The third kappa shape index (κ3) is 3.52. The van der Waals surface area contributed by atoms with E-state index in [1.165, 1.54) is 14.2 Å². The van der Waals surface area contributed by atoms with E-state index >= 15 is 0 Å². The first-order valence-electron chi connectivity index (χ1n) is 6.81. The molecule has 0 aromatic heterocycles. The number of ether oxygens (including phenoxy) is 2. The Labute approximate surface area is 135 Å². The van der Waals surface area contributed by atoms with Gasteiger partial charge >= 0.3 is 0 Å². The second-order valence-corrected chi connectivity index (χ2v) is 5.21. The van der Waals surface area contributed by atoms with E-state index in [4.69, 9.17) is 21.1 Å². The smallest absolute Gasteiger partial charge is 0.251 e. The van der Waals surface area contributed by atoms with E-state index in [0.29, 0.717) is 28.6 Å². The molecule has 1 N–H and O–H groups in total. The summed E-state index contributed by atoms with van der Waals surface area (Å²) in [6, 6.07) is 11.1. The molecule has 4 nitrogen and oxygen atoms in total. The molecule has 0 saturated heterocycles. The summed E-state index contributed by atoms with van der Waals surface area (Å²) in [6.07, 6.45) is 0. The van der Waals surface area contributed by atoms with Crippen molar-refractivity contribution in [3.63, 3.8) is 0 Å². The first-order valence-corrected chi connectivity index (χ1v) is 7.18. The minimum atomic E-state index is -0.217. The number of halogens is 1. The SMILES string of the molecule is COc1cc(C(=O)NCc2ccccc2C)cc(Cl)c1OC. The molecule has 2 aromatic carbocycles. The van der Waals surface area contributed by atoms with Gasteiger partial charge in [0.25, 0.3) is 5.91 Å². The topological polar surface area (TPSA) is 47.6 Å². The quantitative estimate of drug-likeness (QED) is 0.916. The van der Waals surface area contributed by atoms with E-state index < -0.39 is 0 Å². The maximum atomic E-state index is 12.3. The van der Waals surface area contributed by atoms with Crippen LogP contribution in [0, 0.1) is 6.92 Å². The number of hydrogen-bond acceptors (Lipinski definition) is 3. The molecule has 0 heterocycles. The van der Waals surface area contributed by atoms with Crippen molar-refractivity contribution in [2.75, 3.05) is 14.2 Å². The highest BCUT2D eigenvalue weighted by Gasteiger charge is 2.15. The van der Waals surface area contributed by atoms with Gasteiger partial charge in [-0.15, -0.1) is 0 Å². The summed E-state index contributed by atoms with van der Waals surface area (Å²) in [5.41, 5.74) is 2.63. The van der Waals surface area contributed by atoms with E-state index in [9.17, 15) is 4.79 Å². The molecule has 5 heteroatoms. The molecule has 116 valence electrons. The molecule has 0 aliphatic carbocycles. The van der Waals surface area contributed by atoms with Crippen LogP contribution in [0.3, 0.4) is 0 Å². The second kappa shape index (κ2) is 7.18. The number of carbonyl (C=O) groups excluding carboxylic acids is 1. The zero-order valence-corrected chi connectivity index (χ0v) is 13.5. The third-order valence-corrected chi connectivity index (χ3v) is 3.68. The van der Waals surface area contributed by atoms with Crippen molar-refractivity contribution in [1.82, 2.24) is 5.32 Å². The molecule has 0 saturated carbocycles. The summed E-state index contributed by atoms with van der Waals surface area (Å²) < 4.78 is 10.4. The van der Waals surface area contributed by atoms with Crippen LogP contribution in [-0.4, -0.2) is 20.1 Å². The van der Waals surface area contributed by atoms with Crippen molar-refractivity contribution in [1.29, 1.82) is 0 Å². The molecule has 0 aliphatic heterocycles. The van der Waals surface area contributed by atoms with Crippen LogP contribution in [0.4, 0.5) is 0 Å². The Morgan fingerprint density at radius 2 is 1.91 bits per heavy atom. The number of benzene rings is 2. The summed E-state index contributed by atoms with van der Waals surface area (Å²) >= 11 is 6.11. The lowest BCUT2D eigenvalue weighted by molar-refractivity contribution is 0.0950. The fraction of sp³-hybridized carbons (Fsp3) is 0.235. The molecule has 2 aromatic rings. The van der Waals surface area contributed by atoms with Crippen LogP contribution in [0.15, 0.2) is 36.4 Å². The maximum absolute atomic E-state index is 12.3. The van der Waals surface area contributed by atoms with E-state index in [1.807, 2.05) is 31.2 Å². The molecular weight excluding hydrogens is 302 g/mol. The fourth-order valence-corrected chi connectivity index (χ4v) is 2.42. The highest BCUT2D eigenvalue weighted by atomic mass is 35.5. The average molecular weight is 320 g/mol. The first kappa shape index (κ1) is 16.2. The first-order chi connectivity index (χ1) is 10.6. The second-order valence-electron chi connectivity index (χ2n) is 4.80. The lowest BCUT2D eigenvalue weighted by atomic mass is 10.1. The van der Waals surface area contributed by atoms with Crippen molar-refractivity contribution < 1.29 is 14.3 Å². The minimum absolute atomic E-state index is 0.217. The number of rotatable bonds is 5. The highest BCUT2D eigenvalue weighted by Crippen LogP contribution is 2.35. The number of carbonyl (C=O) groups is 1. The van der Waals surface area contributed by atoms with Crippen LogP contribution in [0.2, 0.25) is 5.02 Å². The normalized spacial score (nSPS) is 10.2.